The first-order valence-electron chi connectivity index (χ1n) is 12.9. The molecule has 0 aliphatic rings. The number of rotatable bonds is 9. The molecule has 0 spiro atoms. The van der Waals surface area contributed by atoms with Crippen molar-refractivity contribution in [1.82, 2.24) is 9.66 Å². The first-order valence-corrected chi connectivity index (χ1v) is 12.9. The highest BCUT2D eigenvalue weighted by Gasteiger charge is 2.18. The van der Waals surface area contributed by atoms with Gasteiger partial charge in [-0.1, -0.05) is 26.0 Å². The lowest BCUT2D eigenvalue weighted by molar-refractivity contribution is 0.230. The second-order valence-corrected chi connectivity index (χ2v) is 9.68. The van der Waals surface area contributed by atoms with Gasteiger partial charge in [-0.3, -0.25) is 4.79 Å². The number of methoxy groups -OCH3 is 1. The molecule has 0 fully saturated rings. The minimum atomic E-state index is -0.243. The van der Waals surface area contributed by atoms with E-state index in [0.717, 1.165) is 28.0 Å². The van der Waals surface area contributed by atoms with Crippen molar-refractivity contribution in [3.05, 3.63) is 81.6 Å². The number of nitrogens with zero attached hydrogens (tertiary/aromatic N) is 3. The summed E-state index contributed by atoms with van der Waals surface area (Å²) in [5, 5.41) is 5.13. The van der Waals surface area contributed by atoms with Crippen molar-refractivity contribution in [2.45, 2.75) is 53.6 Å². The highest BCUT2D eigenvalue weighted by atomic mass is 16.5. The summed E-state index contributed by atoms with van der Waals surface area (Å²) in [5.41, 5.74) is 3.96. The van der Waals surface area contributed by atoms with Gasteiger partial charge in [-0.25, -0.2) is 4.98 Å². The minimum absolute atomic E-state index is 0.0151. The third-order valence-electron chi connectivity index (χ3n) is 6.15. The molecule has 198 valence electrons. The van der Waals surface area contributed by atoms with Gasteiger partial charge in [0.1, 0.15) is 5.75 Å². The number of hydrogen-bond donors (Lipinski definition) is 0. The number of hydrogen-bond acceptors (Lipinski definition) is 6. The van der Waals surface area contributed by atoms with E-state index >= 15 is 0 Å². The average Bonchev–Trinajstić information content (AvgIpc) is 2.88. The highest BCUT2D eigenvalue weighted by Crippen LogP contribution is 2.34. The maximum absolute atomic E-state index is 13.7. The van der Waals surface area contributed by atoms with Crippen LogP contribution < -0.4 is 19.8 Å². The Labute approximate surface area is 223 Å². The standard InChI is InChI=1S/C31H35N3O4/c1-8-37-28-15-21(6)25(17-24(28)19(2)3)30-33-26-12-10-9-11-23(26)31(35)34(30)32-18-22-13-14-27(38-20(4)5)29(16-22)36-7/h9-20H,8H2,1-7H3. The van der Waals surface area contributed by atoms with Gasteiger partial charge in [0.2, 0.25) is 0 Å². The van der Waals surface area contributed by atoms with Gasteiger partial charge in [-0.15, -0.1) is 0 Å². The van der Waals surface area contributed by atoms with E-state index < -0.39 is 0 Å². The van der Waals surface area contributed by atoms with Crippen LogP contribution in [0.2, 0.25) is 0 Å². The summed E-state index contributed by atoms with van der Waals surface area (Å²) in [5.74, 6) is 2.78. The van der Waals surface area contributed by atoms with Gasteiger partial charge in [-0.2, -0.15) is 9.78 Å². The van der Waals surface area contributed by atoms with Crippen molar-refractivity contribution < 1.29 is 14.2 Å². The second-order valence-electron chi connectivity index (χ2n) is 9.68. The van der Waals surface area contributed by atoms with Crippen LogP contribution in [0.5, 0.6) is 17.2 Å². The molecule has 0 radical (unpaired) electrons. The number of aromatic nitrogens is 2. The molecule has 0 amide bonds. The van der Waals surface area contributed by atoms with Gasteiger partial charge < -0.3 is 14.2 Å². The molecule has 0 N–H and O–H groups in total. The molecule has 0 saturated heterocycles. The number of benzene rings is 3. The number of fused-ring (bicyclic) bond motifs is 1. The fourth-order valence-electron chi connectivity index (χ4n) is 4.32. The quantitative estimate of drug-likeness (QED) is 0.237. The maximum Gasteiger partial charge on any atom is 0.282 e. The summed E-state index contributed by atoms with van der Waals surface area (Å²) in [7, 11) is 1.60. The van der Waals surface area contributed by atoms with Crippen molar-refractivity contribution in [3.63, 3.8) is 0 Å². The van der Waals surface area contributed by atoms with E-state index in [0.29, 0.717) is 34.8 Å². The van der Waals surface area contributed by atoms with Crippen LogP contribution in [0.3, 0.4) is 0 Å². The highest BCUT2D eigenvalue weighted by molar-refractivity contribution is 5.83. The lowest BCUT2D eigenvalue weighted by Crippen LogP contribution is -2.21. The van der Waals surface area contributed by atoms with Crippen LogP contribution in [0.1, 0.15) is 57.2 Å². The molecule has 0 unspecified atom stereocenters. The Bertz CT molecular complexity index is 1540. The van der Waals surface area contributed by atoms with Gasteiger partial charge in [0, 0.05) is 5.56 Å². The SMILES string of the molecule is CCOc1cc(C)c(-c2nc3ccccc3c(=O)n2N=Cc2ccc(OC(C)C)c(OC)c2)cc1C(C)C. The largest absolute Gasteiger partial charge is 0.494 e. The van der Waals surface area contributed by atoms with E-state index in [1.54, 1.807) is 19.4 Å². The monoisotopic (exact) mass is 513 g/mol. The van der Waals surface area contributed by atoms with E-state index in [4.69, 9.17) is 19.2 Å². The first kappa shape index (κ1) is 26.9. The molecule has 0 aliphatic heterocycles. The maximum atomic E-state index is 13.7. The summed E-state index contributed by atoms with van der Waals surface area (Å²) >= 11 is 0. The fourth-order valence-corrected chi connectivity index (χ4v) is 4.32. The van der Waals surface area contributed by atoms with Gasteiger partial charge in [-0.05, 0) is 92.8 Å². The van der Waals surface area contributed by atoms with Crippen LogP contribution in [0.25, 0.3) is 22.3 Å². The summed E-state index contributed by atoms with van der Waals surface area (Å²) in [6.45, 7) is 12.7. The minimum Gasteiger partial charge on any atom is -0.494 e. The normalized spacial score (nSPS) is 11.6. The zero-order valence-corrected chi connectivity index (χ0v) is 23.1. The van der Waals surface area contributed by atoms with Crippen molar-refractivity contribution in [2.24, 2.45) is 5.10 Å². The van der Waals surface area contributed by atoms with Crippen LogP contribution in [0, 0.1) is 6.92 Å². The Morgan fingerprint density at radius 3 is 2.45 bits per heavy atom. The predicted molar refractivity (Wildman–Crippen MR) is 153 cm³/mol. The summed E-state index contributed by atoms with van der Waals surface area (Å²) in [6, 6.07) is 17.0. The van der Waals surface area contributed by atoms with Gasteiger partial charge >= 0.3 is 0 Å². The molecule has 7 nitrogen and oxygen atoms in total. The fraction of sp³-hybridized carbons (Fsp3) is 0.323. The molecule has 7 heteroatoms. The smallest absolute Gasteiger partial charge is 0.282 e. The van der Waals surface area contributed by atoms with Crippen molar-refractivity contribution >= 4 is 17.1 Å². The third-order valence-corrected chi connectivity index (χ3v) is 6.15. The second kappa shape index (κ2) is 11.5. The van der Waals surface area contributed by atoms with Crippen molar-refractivity contribution in [2.75, 3.05) is 13.7 Å². The molecule has 1 aromatic heterocycles. The molecule has 4 aromatic rings. The van der Waals surface area contributed by atoms with Crippen LogP contribution in [-0.2, 0) is 0 Å². The Balaban J connectivity index is 1.90. The topological polar surface area (TPSA) is 74.9 Å². The molecule has 4 rings (SSSR count). The van der Waals surface area contributed by atoms with E-state index in [9.17, 15) is 4.79 Å². The predicted octanol–water partition coefficient (Wildman–Crippen LogP) is 6.57. The molecule has 0 aliphatic carbocycles. The molecular formula is C31H35N3O4. The van der Waals surface area contributed by atoms with Gasteiger partial charge in [0.25, 0.3) is 5.56 Å². The number of ether oxygens (including phenoxy) is 3. The van der Waals surface area contributed by atoms with Gasteiger partial charge in [0.15, 0.2) is 17.3 Å². The zero-order valence-electron chi connectivity index (χ0n) is 23.1. The molecule has 0 saturated carbocycles. The van der Waals surface area contributed by atoms with E-state index in [-0.39, 0.29) is 17.6 Å². The lowest BCUT2D eigenvalue weighted by Gasteiger charge is -2.18. The van der Waals surface area contributed by atoms with Crippen LogP contribution in [0.4, 0.5) is 0 Å². The molecule has 3 aromatic carbocycles. The average molecular weight is 514 g/mol. The molecule has 38 heavy (non-hydrogen) atoms. The Morgan fingerprint density at radius 2 is 1.76 bits per heavy atom. The Hall–Kier alpha value is -4.13. The zero-order chi connectivity index (χ0) is 27.4. The van der Waals surface area contributed by atoms with Crippen LogP contribution >= 0.6 is 0 Å². The number of aryl methyl sites for hydroxylation is 1. The van der Waals surface area contributed by atoms with Crippen LogP contribution in [0.15, 0.2) is 64.5 Å². The van der Waals surface area contributed by atoms with E-state index in [2.05, 4.69) is 25.0 Å². The summed E-state index contributed by atoms with van der Waals surface area (Å²) in [6.07, 6.45) is 1.65. The lowest BCUT2D eigenvalue weighted by atomic mass is 9.96. The van der Waals surface area contributed by atoms with Gasteiger partial charge in [0.05, 0.1) is 36.9 Å². The Kier molecular flexibility index (Phi) is 8.15. The molecule has 1 heterocycles. The number of para-hydroxylation sites is 1. The summed E-state index contributed by atoms with van der Waals surface area (Å²) < 4.78 is 18.6. The van der Waals surface area contributed by atoms with Crippen LogP contribution in [-0.4, -0.2) is 35.7 Å². The Morgan fingerprint density at radius 1 is 1.00 bits per heavy atom. The van der Waals surface area contributed by atoms with Crippen molar-refractivity contribution in [3.8, 4) is 28.6 Å². The first-order chi connectivity index (χ1) is 18.2. The van der Waals surface area contributed by atoms with E-state index in [1.165, 1.54) is 4.68 Å². The molecular weight excluding hydrogens is 478 g/mol. The molecule has 0 bridgehead atoms. The third kappa shape index (κ3) is 5.57. The summed E-state index contributed by atoms with van der Waals surface area (Å²) in [4.78, 5) is 18.6. The van der Waals surface area contributed by atoms with Crippen molar-refractivity contribution in [1.29, 1.82) is 0 Å². The van der Waals surface area contributed by atoms with E-state index in [1.807, 2.05) is 70.2 Å². The molecule has 0 atom stereocenters.